The zero-order chi connectivity index (χ0) is 21.5. The van der Waals surface area contributed by atoms with E-state index in [0.29, 0.717) is 0 Å². The average Bonchev–Trinajstić information content (AvgIpc) is 2.78. The number of hydrogen-bond donors (Lipinski definition) is 0. The predicted octanol–water partition coefficient (Wildman–Crippen LogP) is 9.84. The van der Waals surface area contributed by atoms with E-state index in [1.54, 1.807) is 5.56 Å². The molecule has 0 saturated carbocycles. The van der Waals surface area contributed by atoms with Crippen molar-refractivity contribution in [3.63, 3.8) is 0 Å². The van der Waals surface area contributed by atoms with Gasteiger partial charge in [0.15, 0.2) is 0 Å². The third-order valence-electron chi connectivity index (χ3n) is 6.84. The molecule has 0 aliphatic rings. The summed E-state index contributed by atoms with van der Waals surface area (Å²) in [6.45, 7) is 7.10. The maximum atomic E-state index is 2.40. The van der Waals surface area contributed by atoms with Gasteiger partial charge in [-0.25, -0.2) is 0 Å². The van der Waals surface area contributed by atoms with Crippen LogP contribution < -0.4 is 0 Å². The first-order valence-corrected chi connectivity index (χ1v) is 12.7. The van der Waals surface area contributed by atoms with Crippen LogP contribution in [0, 0.1) is 0 Å². The lowest BCUT2D eigenvalue weighted by Crippen LogP contribution is -2.17. The number of benzene rings is 2. The average molecular weight is 407 g/mol. The van der Waals surface area contributed by atoms with Crippen molar-refractivity contribution in [2.75, 3.05) is 0 Å². The molecule has 2 aromatic carbocycles. The Hall–Kier alpha value is -1.56. The molecule has 0 fully saturated rings. The van der Waals surface area contributed by atoms with Crippen LogP contribution in [0.1, 0.15) is 121 Å². The highest BCUT2D eigenvalue weighted by Crippen LogP contribution is 2.33. The first kappa shape index (κ1) is 24.7. The molecule has 0 aliphatic carbocycles. The Morgan fingerprint density at radius 1 is 0.600 bits per heavy atom. The van der Waals surface area contributed by atoms with Crippen LogP contribution in [0.15, 0.2) is 60.7 Å². The van der Waals surface area contributed by atoms with Crippen molar-refractivity contribution in [3.05, 3.63) is 71.8 Å². The first-order chi connectivity index (χ1) is 14.6. The van der Waals surface area contributed by atoms with Gasteiger partial charge in [0.1, 0.15) is 0 Å². The quantitative estimate of drug-likeness (QED) is 0.243. The molecule has 30 heavy (non-hydrogen) atoms. The van der Waals surface area contributed by atoms with Crippen molar-refractivity contribution in [1.29, 1.82) is 0 Å². The van der Waals surface area contributed by atoms with E-state index in [2.05, 4.69) is 81.4 Å². The van der Waals surface area contributed by atoms with E-state index in [-0.39, 0.29) is 5.41 Å². The molecule has 0 N–H and O–H groups in total. The van der Waals surface area contributed by atoms with Crippen molar-refractivity contribution >= 4 is 0 Å². The maximum absolute atomic E-state index is 2.40. The zero-order valence-corrected chi connectivity index (χ0v) is 20.0. The number of unbranched alkanes of at least 4 members (excludes halogenated alkanes) is 8. The summed E-state index contributed by atoms with van der Waals surface area (Å²) in [5.41, 5.74) is 3.29. The molecule has 1 atom stereocenters. The van der Waals surface area contributed by atoms with E-state index in [1.165, 1.54) is 89.0 Å². The Kier molecular flexibility index (Phi) is 11.9. The van der Waals surface area contributed by atoms with Gasteiger partial charge in [-0.3, -0.25) is 0 Å². The predicted molar refractivity (Wildman–Crippen MR) is 134 cm³/mol. The van der Waals surface area contributed by atoms with Gasteiger partial charge in [0.05, 0.1) is 0 Å². The normalized spacial score (nSPS) is 12.8. The van der Waals surface area contributed by atoms with Gasteiger partial charge in [0, 0.05) is 0 Å². The standard InChI is InChI=1S/C30H46/c1-4-5-6-7-8-9-10-11-14-20-28(27-21-15-12-16-22-27)23-19-26-30(2,3)29-24-17-13-18-25-29/h12-13,15-18,21-22,24-25,28H,4-11,14,19-20,23,26H2,1-3H3. The number of rotatable bonds is 16. The van der Waals surface area contributed by atoms with E-state index in [1.807, 2.05) is 0 Å². The van der Waals surface area contributed by atoms with Crippen LogP contribution in [-0.4, -0.2) is 0 Å². The van der Waals surface area contributed by atoms with E-state index >= 15 is 0 Å². The van der Waals surface area contributed by atoms with Gasteiger partial charge in [-0.1, -0.05) is 146 Å². The molecule has 0 aromatic heterocycles. The molecule has 0 amide bonds. The monoisotopic (exact) mass is 406 g/mol. The SMILES string of the molecule is CCCCCCCCCCCC(CCCC(C)(C)c1ccccc1)c1ccccc1. The van der Waals surface area contributed by atoms with Gasteiger partial charge in [-0.2, -0.15) is 0 Å². The topological polar surface area (TPSA) is 0 Å². The second kappa shape index (κ2) is 14.4. The van der Waals surface area contributed by atoms with E-state index in [4.69, 9.17) is 0 Å². The minimum atomic E-state index is 0.264. The Balaban J connectivity index is 1.74. The Morgan fingerprint density at radius 2 is 1.10 bits per heavy atom. The molecular formula is C30H46. The summed E-state index contributed by atoms with van der Waals surface area (Å²) in [7, 11) is 0. The summed E-state index contributed by atoms with van der Waals surface area (Å²) in [5.74, 6) is 0.724. The highest BCUT2D eigenvalue weighted by Gasteiger charge is 2.21. The Bertz CT molecular complexity index is 640. The summed E-state index contributed by atoms with van der Waals surface area (Å²) in [4.78, 5) is 0. The summed E-state index contributed by atoms with van der Waals surface area (Å²) in [5, 5.41) is 0. The second-order valence-corrected chi connectivity index (χ2v) is 9.87. The van der Waals surface area contributed by atoms with Crippen LogP contribution in [-0.2, 0) is 5.41 Å². The molecule has 0 heteroatoms. The van der Waals surface area contributed by atoms with Crippen LogP contribution >= 0.6 is 0 Å². The van der Waals surface area contributed by atoms with Gasteiger partial charge in [-0.15, -0.1) is 0 Å². The molecule has 166 valence electrons. The van der Waals surface area contributed by atoms with Gasteiger partial charge in [0.25, 0.3) is 0 Å². The lowest BCUT2D eigenvalue weighted by Gasteiger charge is -2.26. The third kappa shape index (κ3) is 9.50. The van der Waals surface area contributed by atoms with Crippen molar-refractivity contribution in [2.45, 2.75) is 116 Å². The van der Waals surface area contributed by atoms with Crippen LogP contribution in [0.5, 0.6) is 0 Å². The van der Waals surface area contributed by atoms with E-state index in [0.717, 1.165) is 5.92 Å². The van der Waals surface area contributed by atoms with Crippen LogP contribution in [0.4, 0.5) is 0 Å². The summed E-state index contributed by atoms with van der Waals surface area (Å²) in [6, 6.07) is 22.3. The Labute approximate surface area is 187 Å². The summed E-state index contributed by atoms with van der Waals surface area (Å²) in [6.07, 6.45) is 18.0. The van der Waals surface area contributed by atoms with Gasteiger partial charge in [0.2, 0.25) is 0 Å². The maximum Gasteiger partial charge on any atom is -0.0104 e. The van der Waals surface area contributed by atoms with Crippen molar-refractivity contribution in [3.8, 4) is 0 Å². The fraction of sp³-hybridized carbons (Fsp3) is 0.600. The molecule has 1 unspecified atom stereocenters. The molecule has 0 bridgehead atoms. The Morgan fingerprint density at radius 3 is 1.70 bits per heavy atom. The van der Waals surface area contributed by atoms with Crippen LogP contribution in [0.2, 0.25) is 0 Å². The largest absolute Gasteiger partial charge is 0.0654 e. The summed E-state index contributed by atoms with van der Waals surface area (Å²) < 4.78 is 0. The van der Waals surface area contributed by atoms with Gasteiger partial charge >= 0.3 is 0 Å². The van der Waals surface area contributed by atoms with Crippen molar-refractivity contribution < 1.29 is 0 Å². The summed E-state index contributed by atoms with van der Waals surface area (Å²) >= 11 is 0. The van der Waals surface area contributed by atoms with E-state index < -0.39 is 0 Å². The minimum Gasteiger partial charge on any atom is -0.0654 e. The molecule has 0 nitrogen and oxygen atoms in total. The van der Waals surface area contributed by atoms with Gasteiger partial charge < -0.3 is 0 Å². The van der Waals surface area contributed by atoms with Gasteiger partial charge in [-0.05, 0) is 41.7 Å². The molecular weight excluding hydrogens is 360 g/mol. The van der Waals surface area contributed by atoms with Crippen molar-refractivity contribution in [2.24, 2.45) is 0 Å². The third-order valence-corrected chi connectivity index (χ3v) is 6.84. The highest BCUT2D eigenvalue weighted by atomic mass is 14.3. The van der Waals surface area contributed by atoms with E-state index in [9.17, 15) is 0 Å². The highest BCUT2D eigenvalue weighted by molar-refractivity contribution is 5.23. The molecule has 0 heterocycles. The van der Waals surface area contributed by atoms with Crippen LogP contribution in [0.3, 0.4) is 0 Å². The minimum absolute atomic E-state index is 0.264. The smallest absolute Gasteiger partial charge is 0.0104 e. The number of hydrogen-bond acceptors (Lipinski definition) is 0. The first-order valence-electron chi connectivity index (χ1n) is 12.7. The second-order valence-electron chi connectivity index (χ2n) is 9.87. The molecule has 0 aliphatic heterocycles. The fourth-order valence-corrected chi connectivity index (χ4v) is 4.73. The fourth-order valence-electron chi connectivity index (χ4n) is 4.73. The molecule has 0 spiro atoms. The molecule has 2 aromatic rings. The molecule has 2 rings (SSSR count). The molecule has 0 radical (unpaired) electrons. The van der Waals surface area contributed by atoms with Crippen LogP contribution in [0.25, 0.3) is 0 Å². The molecule has 0 saturated heterocycles. The zero-order valence-electron chi connectivity index (χ0n) is 20.0. The lowest BCUT2D eigenvalue weighted by molar-refractivity contribution is 0.421. The van der Waals surface area contributed by atoms with Crippen molar-refractivity contribution in [1.82, 2.24) is 0 Å². The lowest BCUT2D eigenvalue weighted by atomic mass is 9.78.